The van der Waals surface area contributed by atoms with Crippen LogP contribution in [0.15, 0.2) is 10.7 Å². The normalized spacial score (nSPS) is 20.3. The van der Waals surface area contributed by atoms with Crippen molar-refractivity contribution in [1.29, 1.82) is 0 Å². The van der Waals surface area contributed by atoms with Crippen molar-refractivity contribution < 1.29 is 0 Å². The maximum absolute atomic E-state index is 4.47. The monoisotopic (exact) mass is 327 g/mol. The molecule has 2 rings (SSSR count). The van der Waals surface area contributed by atoms with Crippen molar-refractivity contribution in [3.63, 3.8) is 0 Å². The minimum absolute atomic E-state index is 0.675. The number of hydrogen-bond donors (Lipinski definition) is 2. The molecule has 0 saturated carbocycles. The lowest BCUT2D eigenvalue weighted by atomic mass is 9.98. The average Bonchev–Trinajstić information content (AvgIpc) is 2.40. The summed E-state index contributed by atoms with van der Waals surface area (Å²) in [6.45, 7) is 6.21. The molecule has 1 unspecified atom stereocenters. The molecule has 106 valence electrons. The number of aromatic nitrogens is 2. The molecule has 2 heterocycles. The third kappa shape index (κ3) is 4.31. The van der Waals surface area contributed by atoms with Gasteiger partial charge in [-0.2, -0.15) is 4.98 Å². The van der Waals surface area contributed by atoms with Crippen molar-refractivity contribution in [3.8, 4) is 0 Å². The Labute approximate surface area is 123 Å². The highest BCUT2D eigenvalue weighted by atomic mass is 79.9. The summed E-state index contributed by atoms with van der Waals surface area (Å²) in [5, 5.41) is 6.57. The van der Waals surface area contributed by atoms with Gasteiger partial charge in [-0.15, -0.1) is 0 Å². The van der Waals surface area contributed by atoms with Gasteiger partial charge in [0.2, 0.25) is 5.95 Å². The molecule has 0 bridgehead atoms. The zero-order valence-corrected chi connectivity index (χ0v) is 13.2. The highest BCUT2D eigenvalue weighted by Crippen LogP contribution is 2.22. The molecule has 0 amide bonds. The molecule has 0 radical (unpaired) electrons. The molecule has 1 atom stereocenters. The van der Waals surface area contributed by atoms with Crippen LogP contribution in [0.5, 0.6) is 0 Å². The molecule has 1 fully saturated rings. The van der Waals surface area contributed by atoms with Crippen LogP contribution < -0.4 is 10.6 Å². The summed E-state index contributed by atoms with van der Waals surface area (Å²) in [5.41, 5.74) is 0. The van der Waals surface area contributed by atoms with Crippen LogP contribution in [0, 0.1) is 5.92 Å². The van der Waals surface area contributed by atoms with Gasteiger partial charge in [-0.1, -0.05) is 0 Å². The van der Waals surface area contributed by atoms with Crippen LogP contribution in [0.3, 0.4) is 0 Å². The van der Waals surface area contributed by atoms with Gasteiger partial charge in [-0.3, -0.25) is 0 Å². The lowest BCUT2D eigenvalue weighted by Crippen LogP contribution is -2.35. The van der Waals surface area contributed by atoms with E-state index in [9.17, 15) is 0 Å². The van der Waals surface area contributed by atoms with E-state index < -0.39 is 0 Å². The van der Waals surface area contributed by atoms with E-state index in [0.717, 1.165) is 29.9 Å². The van der Waals surface area contributed by atoms with Crippen molar-refractivity contribution in [2.45, 2.75) is 19.8 Å². The molecule has 1 aliphatic heterocycles. The zero-order valence-electron chi connectivity index (χ0n) is 11.6. The SMILES string of the molecule is CCNc1ncc(Br)c(NCC2CCCN(C)C2)n1. The second-order valence-electron chi connectivity index (χ2n) is 5.07. The molecule has 1 aromatic heterocycles. The van der Waals surface area contributed by atoms with E-state index >= 15 is 0 Å². The minimum atomic E-state index is 0.675. The molecule has 5 nitrogen and oxygen atoms in total. The number of nitrogens with one attached hydrogen (secondary N) is 2. The molecule has 6 heteroatoms. The Morgan fingerprint density at radius 2 is 2.32 bits per heavy atom. The quantitative estimate of drug-likeness (QED) is 0.869. The van der Waals surface area contributed by atoms with Gasteiger partial charge in [0.05, 0.1) is 4.47 Å². The molecule has 1 saturated heterocycles. The van der Waals surface area contributed by atoms with E-state index in [-0.39, 0.29) is 0 Å². The Kier molecular flexibility index (Phi) is 5.39. The molecule has 0 spiro atoms. The van der Waals surface area contributed by atoms with Gasteiger partial charge in [-0.25, -0.2) is 4.98 Å². The first-order chi connectivity index (χ1) is 9.19. The van der Waals surface area contributed by atoms with Crippen molar-refractivity contribution >= 4 is 27.7 Å². The highest BCUT2D eigenvalue weighted by Gasteiger charge is 2.17. The predicted octanol–water partition coefficient (Wildman–Crippen LogP) is 2.42. The summed E-state index contributed by atoms with van der Waals surface area (Å²) >= 11 is 3.49. The molecular formula is C13H22BrN5. The maximum atomic E-state index is 4.47. The second kappa shape index (κ2) is 7.05. The average molecular weight is 328 g/mol. The molecule has 0 aliphatic carbocycles. The number of piperidine rings is 1. The standard InChI is InChI=1S/C13H22BrN5/c1-3-15-13-17-8-11(14)12(18-13)16-7-10-5-4-6-19(2)9-10/h8,10H,3-7,9H2,1-2H3,(H2,15,16,17,18). The van der Waals surface area contributed by atoms with E-state index in [1.165, 1.54) is 19.4 Å². The van der Waals surface area contributed by atoms with Crippen LogP contribution in [-0.2, 0) is 0 Å². The summed E-state index contributed by atoms with van der Waals surface area (Å²) in [4.78, 5) is 11.1. The minimum Gasteiger partial charge on any atom is -0.369 e. The van der Waals surface area contributed by atoms with Crippen LogP contribution in [0.1, 0.15) is 19.8 Å². The third-order valence-corrected chi connectivity index (χ3v) is 3.94. The molecule has 1 aliphatic rings. The Balaban J connectivity index is 1.92. The van der Waals surface area contributed by atoms with Gasteiger partial charge in [-0.05, 0) is 55.2 Å². The van der Waals surface area contributed by atoms with E-state index in [4.69, 9.17) is 0 Å². The first-order valence-electron chi connectivity index (χ1n) is 6.88. The van der Waals surface area contributed by atoms with Crippen molar-refractivity contribution in [1.82, 2.24) is 14.9 Å². The zero-order chi connectivity index (χ0) is 13.7. The third-order valence-electron chi connectivity index (χ3n) is 3.36. The van der Waals surface area contributed by atoms with Gasteiger partial charge >= 0.3 is 0 Å². The summed E-state index contributed by atoms with van der Waals surface area (Å²) in [7, 11) is 2.19. The maximum Gasteiger partial charge on any atom is 0.224 e. The number of rotatable bonds is 5. The summed E-state index contributed by atoms with van der Waals surface area (Å²) < 4.78 is 0.915. The Morgan fingerprint density at radius 1 is 1.47 bits per heavy atom. The number of likely N-dealkylation sites (tertiary alicyclic amines) is 1. The fourth-order valence-electron chi connectivity index (χ4n) is 2.42. The number of anilines is 2. The van der Waals surface area contributed by atoms with Crippen molar-refractivity contribution in [3.05, 3.63) is 10.7 Å². The van der Waals surface area contributed by atoms with Crippen molar-refractivity contribution in [2.75, 3.05) is 43.9 Å². The fraction of sp³-hybridized carbons (Fsp3) is 0.692. The van der Waals surface area contributed by atoms with E-state index in [1.54, 1.807) is 6.20 Å². The Morgan fingerprint density at radius 3 is 3.05 bits per heavy atom. The van der Waals surface area contributed by atoms with Crippen LogP contribution in [0.4, 0.5) is 11.8 Å². The number of nitrogens with zero attached hydrogens (tertiary/aromatic N) is 3. The smallest absolute Gasteiger partial charge is 0.224 e. The van der Waals surface area contributed by atoms with Gasteiger partial charge in [0.15, 0.2) is 0 Å². The van der Waals surface area contributed by atoms with Gasteiger partial charge in [0.1, 0.15) is 5.82 Å². The topological polar surface area (TPSA) is 53.1 Å². The van der Waals surface area contributed by atoms with E-state index in [2.05, 4.69) is 48.5 Å². The Bertz CT molecular complexity index is 412. The van der Waals surface area contributed by atoms with E-state index in [0.29, 0.717) is 11.9 Å². The molecule has 2 N–H and O–H groups in total. The summed E-state index contributed by atoms with van der Waals surface area (Å²) in [5.74, 6) is 2.25. The lowest BCUT2D eigenvalue weighted by Gasteiger charge is -2.29. The molecule has 19 heavy (non-hydrogen) atoms. The van der Waals surface area contributed by atoms with Gasteiger partial charge in [0.25, 0.3) is 0 Å². The predicted molar refractivity (Wildman–Crippen MR) is 82.6 cm³/mol. The fourth-order valence-corrected chi connectivity index (χ4v) is 2.75. The lowest BCUT2D eigenvalue weighted by molar-refractivity contribution is 0.217. The van der Waals surface area contributed by atoms with Crippen LogP contribution in [-0.4, -0.2) is 48.1 Å². The van der Waals surface area contributed by atoms with Gasteiger partial charge in [0, 0.05) is 25.8 Å². The molecule has 1 aromatic rings. The number of halogens is 1. The molecule has 0 aromatic carbocycles. The van der Waals surface area contributed by atoms with Gasteiger partial charge < -0.3 is 15.5 Å². The van der Waals surface area contributed by atoms with E-state index in [1.807, 2.05) is 6.92 Å². The second-order valence-corrected chi connectivity index (χ2v) is 5.93. The summed E-state index contributed by atoms with van der Waals surface area (Å²) in [6, 6.07) is 0. The summed E-state index contributed by atoms with van der Waals surface area (Å²) in [6.07, 6.45) is 4.37. The first kappa shape index (κ1) is 14.5. The van der Waals surface area contributed by atoms with Crippen molar-refractivity contribution in [2.24, 2.45) is 5.92 Å². The largest absolute Gasteiger partial charge is 0.369 e. The molecular weight excluding hydrogens is 306 g/mol. The first-order valence-corrected chi connectivity index (χ1v) is 7.67. The van der Waals surface area contributed by atoms with Crippen LogP contribution >= 0.6 is 15.9 Å². The Hall–Kier alpha value is -0.880. The number of hydrogen-bond acceptors (Lipinski definition) is 5. The van der Waals surface area contributed by atoms with Crippen LogP contribution in [0.25, 0.3) is 0 Å². The highest BCUT2D eigenvalue weighted by molar-refractivity contribution is 9.10. The van der Waals surface area contributed by atoms with Crippen LogP contribution in [0.2, 0.25) is 0 Å².